The minimum atomic E-state index is -0.423. The molecule has 1 aliphatic carbocycles. The molecule has 0 bridgehead atoms. The van der Waals surface area contributed by atoms with Crippen LogP contribution in [0.3, 0.4) is 0 Å². The molecule has 2 unspecified atom stereocenters. The van der Waals surface area contributed by atoms with Crippen molar-refractivity contribution >= 4 is 5.91 Å². The van der Waals surface area contributed by atoms with Crippen molar-refractivity contribution in [1.82, 2.24) is 4.90 Å². The lowest BCUT2D eigenvalue weighted by Crippen LogP contribution is -2.33. The molecule has 1 saturated carbocycles. The van der Waals surface area contributed by atoms with Gasteiger partial charge in [-0.2, -0.15) is 0 Å². The van der Waals surface area contributed by atoms with Gasteiger partial charge in [-0.25, -0.2) is 4.39 Å². The van der Waals surface area contributed by atoms with Crippen LogP contribution in [0, 0.1) is 17.7 Å². The van der Waals surface area contributed by atoms with Crippen LogP contribution in [0.1, 0.15) is 19.3 Å². The van der Waals surface area contributed by atoms with Gasteiger partial charge in [-0.3, -0.25) is 4.79 Å². The van der Waals surface area contributed by atoms with E-state index in [1.54, 1.807) is 18.2 Å². The molecule has 2 aliphatic rings. The largest absolute Gasteiger partial charge is 0.481 e. The first-order chi connectivity index (χ1) is 9.24. The highest BCUT2D eigenvalue weighted by Gasteiger charge is 2.37. The summed E-state index contributed by atoms with van der Waals surface area (Å²) in [5, 5.41) is 0. The molecule has 1 aromatic carbocycles. The van der Waals surface area contributed by atoms with Crippen molar-refractivity contribution < 1.29 is 13.9 Å². The normalized spacial score (nSPS) is 25.4. The molecular weight excluding hydrogens is 245 g/mol. The number of benzene rings is 1. The fourth-order valence-corrected chi connectivity index (χ4v) is 3.23. The maximum Gasteiger partial charge on any atom is 0.260 e. The first-order valence-corrected chi connectivity index (χ1v) is 6.89. The molecule has 4 heteroatoms. The van der Waals surface area contributed by atoms with E-state index in [4.69, 9.17) is 4.74 Å². The van der Waals surface area contributed by atoms with Crippen molar-refractivity contribution in [3.05, 3.63) is 30.1 Å². The van der Waals surface area contributed by atoms with E-state index in [2.05, 4.69) is 0 Å². The fourth-order valence-electron chi connectivity index (χ4n) is 3.23. The maximum atomic E-state index is 13.4. The highest BCUT2D eigenvalue weighted by Crippen LogP contribution is 2.37. The van der Waals surface area contributed by atoms with Gasteiger partial charge in [-0.15, -0.1) is 0 Å². The summed E-state index contributed by atoms with van der Waals surface area (Å²) < 4.78 is 18.6. The second-order valence-electron chi connectivity index (χ2n) is 5.47. The Kier molecular flexibility index (Phi) is 3.40. The van der Waals surface area contributed by atoms with E-state index in [1.165, 1.54) is 25.3 Å². The monoisotopic (exact) mass is 263 g/mol. The highest BCUT2D eigenvalue weighted by atomic mass is 19.1. The first kappa shape index (κ1) is 12.5. The van der Waals surface area contributed by atoms with Crippen molar-refractivity contribution in [2.45, 2.75) is 19.3 Å². The van der Waals surface area contributed by atoms with Crippen LogP contribution in [0.25, 0.3) is 0 Å². The molecule has 2 atom stereocenters. The van der Waals surface area contributed by atoms with Crippen molar-refractivity contribution in [3.63, 3.8) is 0 Å². The van der Waals surface area contributed by atoms with Gasteiger partial charge in [-0.1, -0.05) is 18.6 Å². The van der Waals surface area contributed by atoms with Crippen LogP contribution >= 0.6 is 0 Å². The molecule has 3 rings (SSSR count). The lowest BCUT2D eigenvalue weighted by atomic mass is 10.0. The predicted molar refractivity (Wildman–Crippen MR) is 69.3 cm³/mol. The molecular formula is C15H18FNO2. The number of carbonyl (C=O) groups excluding carboxylic acids is 1. The Morgan fingerprint density at radius 3 is 2.63 bits per heavy atom. The summed E-state index contributed by atoms with van der Waals surface area (Å²) >= 11 is 0. The zero-order valence-corrected chi connectivity index (χ0v) is 10.8. The van der Waals surface area contributed by atoms with Gasteiger partial charge in [0.1, 0.15) is 0 Å². The fraction of sp³-hybridized carbons (Fsp3) is 0.533. The quantitative estimate of drug-likeness (QED) is 0.838. The molecule has 102 valence electrons. The number of hydrogen-bond donors (Lipinski definition) is 0. The van der Waals surface area contributed by atoms with Gasteiger partial charge in [0.2, 0.25) is 0 Å². The third kappa shape index (κ3) is 2.57. The van der Waals surface area contributed by atoms with Crippen LogP contribution in [0.2, 0.25) is 0 Å². The number of hydrogen-bond acceptors (Lipinski definition) is 2. The summed E-state index contributed by atoms with van der Waals surface area (Å²) in [6.07, 6.45) is 3.77. The van der Waals surface area contributed by atoms with Gasteiger partial charge < -0.3 is 9.64 Å². The number of nitrogens with zero attached hydrogens (tertiary/aromatic N) is 1. The van der Waals surface area contributed by atoms with Crippen molar-refractivity contribution in [1.29, 1.82) is 0 Å². The van der Waals surface area contributed by atoms with Crippen molar-refractivity contribution in [3.8, 4) is 5.75 Å². The van der Waals surface area contributed by atoms with E-state index in [1.807, 2.05) is 4.90 Å². The number of amides is 1. The van der Waals surface area contributed by atoms with E-state index in [0.29, 0.717) is 11.8 Å². The van der Waals surface area contributed by atoms with E-state index >= 15 is 0 Å². The molecule has 1 heterocycles. The molecule has 2 fully saturated rings. The van der Waals surface area contributed by atoms with Crippen LogP contribution in [0.4, 0.5) is 4.39 Å². The zero-order chi connectivity index (χ0) is 13.2. The van der Waals surface area contributed by atoms with Gasteiger partial charge >= 0.3 is 0 Å². The van der Waals surface area contributed by atoms with Gasteiger partial charge in [0.25, 0.3) is 5.91 Å². The van der Waals surface area contributed by atoms with Crippen LogP contribution in [-0.2, 0) is 4.79 Å². The predicted octanol–water partition coefficient (Wildman–Crippen LogP) is 2.46. The molecule has 0 radical (unpaired) electrons. The van der Waals surface area contributed by atoms with Gasteiger partial charge in [0.05, 0.1) is 0 Å². The van der Waals surface area contributed by atoms with E-state index in [9.17, 15) is 9.18 Å². The number of fused-ring (bicyclic) bond motifs is 1. The Bertz CT molecular complexity index is 465. The average Bonchev–Trinajstić information content (AvgIpc) is 2.98. The van der Waals surface area contributed by atoms with E-state index in [0.717, 1.165) is 13.1 Å². The standard InChI is InChI=1S/C15H18FNO2/c16-13-6-1-2-7-14(13)19-10-15(18)17-8-11-4-3-5-12(11)9-17/h1-2,6-7,11-12H,3-5,8-10H2. The van der Waals surface area contributed by atoms with Gasteiger partial charge in [0, 0.05) is 13.1 Å². The Balaban J connectivity index is 1.54. The Morgan fingerprint density at radius 2 is 1.95 bits per heavy atom. The SMILES string of the molecule is O=C(COc1ccccc1F)N1CC2CCCC2C1. The van der Waals surface area contributed by atoms with E-state index < -0.39 is 5.82 Å². The zero-order valence-electron chi connectivity index (χ0n) is 10.8. The minimum Gasteiger partial charge on any atom is -0.481 e. The van der Waals surface area contributed by atoms with Gasteiger partial charge in [-0.05, 0) is 36.8 Å². The van der Waals surface area contributed by atoms with Crippen LogP contribution in [-0.4, -0.2) is 30.5 Å². The van der Waals surface area contributed by atoms with Crippen molar-refractivity contribution in [2.24, 2.45) is 11.8 Å². The number of para-hydroxylation sites is 1. The van der Waals surface area contributed by atoms with Gasteiger partial charge in [0.15, 0.2) is 18.2 Å². The highest BCUT2D eigenvalue weighted by molar-refractivity contribution is 5.78. The van der Waals surface area contributed by atoms with Crippen LogP contribution in [0.5, 0.6) is 5.75 Å². The molecule has 19 heavy (non-hydrogen) atoms. The molecule has 0 aromatic heterocycles. The molecule has 0 spiro atoms. The summed E-state index contributed by atoms with van der Waals surface area (Å²) in [7, 11) is 0. The topological polar surface area (TPSA) is 29.5 Å². The van der Waals surface area contributed by atoms with Crippen LogP contribution < -0.4 is 4.74 Å². The molecule has 3 nitrogen and oxygen atoms in total. The molecule has 1 amide bonds. The summed E-state index contributed by atoms with van der Waals surface area (Å²) in [6, 6.07) is 6.18. The second kappa shape index (κ2) is 5.19. The minimum absolute atomic E-state index is 0.0300. The summed E-state index contributed by atoms with van der Waals surface area (Å²) in [4.78, 5) is 13.9. The van der Waals surface area contributed by atoms with E-state index in [-0.39, 0.29) is 18.3 Å². The third-order valence-electron chi connectivity index (χ3n) is 4.27. The van der Waals surface area contributed by atoms with Crippen LogP contribution in [0.15, 0.2) is 24.3 Å². The summed E-state index contributed by atoms with van der Waals surface area (Å²) in [5.41, 5.74) is 0. The average molecular weight is 263 g/mol. The number of halogens is 1. The summed E-state index contributed by atoms with van der Waals surface area (Å²) in [5.74, 6) is 1.05. The second-order valence-corrected chi connectivity index (χ2v) is 5.47. The molecule has 1 saturated heterocycles. The van der Waals surface area contributed by atoms with Crippen molar-refractivity contribution in [2.75, 3.05) is 19.7 Å². The number of ether oxygens (including phenoxy) is 1. The Morgan fingerprint density at radius 1 is 1.26 bits per heavy atom. The smallest absolute Gasteiger partial charge is 0.260 e. The molecule has 1 aliphatic heterocycles. The third-order valence-corrected chi connectivity index (χ3v) is 4.27. The molecule has 1 aromatic rings. The summed E-state index contributed by atoms with van der Waals surface area (Å²) in [6.45, 7) is 1.63. The lowest BCUT2D eigenvalue weighted by Gasteiger charge is -2.17. The molecule has 0 N–H and O–H groups in total. The number of likely N-dealkylation sites (tertiary alicyclic amines) is 1. The Labute approximate surface area is 112 Å². The Hall–Kier alpha value is -1.58. The first-order valence-electron chi connectivity index (χ1n) is 6.89. The number of carbonyl (C=O) groups is 1. The number of rotatable bonds is 3. The lowest BCUT2D eigenvalue weighted by molar-refractivity contribution is -0.132. The maximum absolute atomic E-state index is 13.4.